The first-order valence-corrected chi connectivity index (χ1v) is 7.83. The van der Waals surface area contributed by atoms with Crippen molar-refractivity contribution < 1.29 is 17.6 Å². The summed E-state index contributed by atoms with van der Waals surface area (Å²) in [5.74, 6) is -0.889. The summed E-state index contributed by atoms with van der Waals surface area (Å²) in [4.78, 5) is 0. The number of hydrogen-bond acceptors (Lipinski definition) is 4. The standard InChI is InChI=1S/C18H14F3N3O/c19-14-4-2-1-3-13(14)18(9-10-18)22-12-7-5-11(6-8-12)16-23-24-17(25-16)15(20)21/h1-8,15,22H,9-10H2. The van der Waals surface area contributed by atoms with E-state index in [-0.39, 0.29) is 17.2 Å². The molecule has 1 saturated carbocycles. The smallest absolute Gasteiger partial charge is 0.314 e. The molecule has 0 atom stereocenters. The van der Waals surface area contributed by atoms with Crippen molar-refractivity contribution in [3.8, 4) is 11.5 Å². The van der Waals surface area contributed by atoms with Crippen molar-refractivity contribution >= 4 is 5.69 Å². The Kier molecular flexibility index (Phi) is 3.71. The fraction of sp³-hybridized carbons (Fsp3) is 0.222. The number of halogens is 3. The highest BCUT2D eigenvalue weighted by molar-refractivity contribution is 5.60. The molecular weight excluding hydrogens is 331 g/mol. The maximum absolute atomic E-state index is 14.1. The Morgan fingerprint density at radius 2 is 1.72 bits per heavy atom. The summed E-state index contributed by atoms with van der Waals surface area (Å²) in [5.41, 5.74) is 1.61. The lowest BCUT2D eigenvalue weighted by atomic mass is 10.0. The van der Waals surface area contributed by atoms with E-state index in [1.165, 1.54) is 6.07 Å². The summed E-state index contributed by atoms with van der Waals surface area (Å²) >= 11 is 0. The first-order valence-electron chi connectivity index (χ1n) is 7.83. The van der Waals surface area contributed by atoms with Crippen molar-refractivity contribution in [3.63, 3.8) is 0 Å². The van der Waals surface area contributed by atoms with E-state index >= 15 is 0 Å². The van der Waals surface area contributed by atoms with E-state index in [4.69, 9.17) is 4.42 Å². The van der Waals surface area contributed by atoms with Gasteiger partial charge in [-0.15, -0.1) is 10.2 Å². The molecule has 1 aliphatic rings. The van der Waals surface area contributed by atoms with Crippen molar-refractivity contribution in [1.82, 2.24) is 10.2 Å². The van der Waals surface area contributed by atoms with Crippen LogP contribution in [0.15, 0.2) is 52.9 Å². The Balaban J connectivity index is 1.54. The third-order valence-corrected chi connectivity index (χ3v) is 4.28. The number of rotatable bonds is 5. The molecule has 4 rings (SSSR count). The molecule has 1 aromatic heterocycles. The van der Waals surface area contributed by atoms with Gasteiger partial charge in [0.25, 0.3) is 5.89 Å². The van der Waals surface area contributed by atoms with Gasteiger partial charge in [-0.1, -0.05) is 18.2 Å². The van der Waals surface area contributed by atoms with Crippen molar-refractivity contribution in [2.24, 2.45) is 0 Å². The molecule has 2 aromatic carbocycles. The molecule has 0 unspecified atom stereocenters. The minimum atomic E-state index is -2.79. The molecule has 1 aliphatic carbocycles. The zero-order valence-corrected chi connectivity index (χ0v) is 13.0. The maximum Gasteiger partial charge on any atom is 0.314 e. The fourth-order valence-electron chi connectivity index (χ4n) is 2.85. The zero-order valence-electron chi connectivity index (χ0n) is 13.0. The average Bonchev–Trinajstić information content (AvgIpc) is 3.20. The van der Waals surface area contributed by atoms with E-state index in [0.717, 1.165) is 18.5 Å². The molecule has 7 heteroatoms. The lowest BCUT2D eigenvalue weighted by Crippen LogP contribution is -2.20. The van der Waals surface area contributed by atoms with Crippen LogP contribution < -0.4 is 5.32 Å². The second-order valence-electron chi connectivity index (χ2n) is 6.01. The highest BCUT2D eigenvalue weighted by Crippen LogP contribution is 2.49. The normalized spacial score (nSPS) is 15.4. The van der Waals surface area contributed by atoms with E-state index in [2.05, 4.69) is 15.5 Å². The summed E-state index contributed by atoms with van der Waals surface area (Å²) < 4.78 is 44.0. The molecule has 0 aliphatic heterocycles. The highest BCUT2D eigenvalue weighted by atomic mass is 19.3. The molecule has 0 spiro atoms. The molecule has 1 N–H and O–H groups in total. The second-order valence-corrected chi connectivity index (χ2v) is 6.01. The molecule has 25 heavy (non-hydrogen) atoms. The number of alkyl halides is 2. The molecule has 0 radical (unpaired) electrons. The Labute approximate surface area is 141 Å². The Bertz CT molecular complexity index is 889. The van der Waals surface area contributed by atoms with E-state index < -0.39 is 12.3 Å². The van der Waals surface area contributed by atoms with Gasteiger partial charge < -0.3 is 9.73 Å². The van der Waals surface area contributed by atoms with E-state index in [9.17, 15) is 13.2 Å². The van der Waals surface area contributed by atoms with Crippen LogP contribution >= 0.6 is 0 Å². The molecule has 0 amide bonds. The first kappa shape index (κ1) is 15.7. The van der Waals surface area contributed by atoms with Crippen LogP contribution in [0.1, 0.15) is 30.7 Å². The van der Waals surface area contributed by atoms with E-state index in [0.29, 0.717) is 11.1 Å². The minimum absolute atomic E-state index is 0.0390. The van der Waals surface area contributed by atoms with Gasteiger partial charge in [0.05, 0.1) is 5.54 Å². The predicted molar refractivity (Wildman–Crippen MR) is 85.6 cm³/mol. The summed E-state index contributed by atoms with van der Waals surface area (Å²) in [5, 5.41) is 10.3. The predicted octanol–water partition coefficient (Wildman–Crippen LogP) is 4.91. The van der Waals surface area contributed by atoms with Crippen LogP contribution in [0.3, 0.4) is 0 Å². The molecular formula is C18H14F3N3O. The molecule has 3 aromatic rings. The van der Waals surface area contributed by atoms with Gasteiger partial charge in [0, 0.05) is 16.8 Å². The molecule has 4 nitrogen and oxygen atoms in total. The number of aromatic nitrogens is 2. The van der Waals surface area contributed by atoms with Crippen molar-refractivity contribution in [2.45, 2.75) is 24.8 Å². The van der Waals surface area contributed by atoms with Gasteiger partial charge in [0.1, 0.15) is 5.82 Å². The van der Waals surface area contributed by atoms with Gasteiger partial charge in [-0.25, -0.2) is 4.39 Å². The summed E-state index contributed by atoms with van der Waals surface area (Å²) in [6.07, 6.45) is -1.11. The van der Waals surface area contributed by atoms with Gasteiger partial charge >= 0.3 is 6.43 Å². The monoisotopic (exact) mass is 345 g/mol. The summed E-state index contributed by atoms with van der Waals surface area (Å²) in [7, 11) is 0. The van der Waals surface area contributed by atoms with Gasteiger partial charge in [-0.05, 0) is 43.2 Å². The van der Waals surface area contributed by atoms with E-state index in [1.54, 1.807) is 36.4 Å². The molecule has 1 fully saturated rings. The Hall–Kier alpha value is -2.83. The van der Waals surface area contributed by atoms with Crippen LogP contribution in [0.5, 0.6) is 0 Å². The van der Waals surface area contributed by atoms with Crippen LogP contribution in [0.2, 0.25) is 0 Å². The second kappa shape index (κ2) is 5.91. The van der Waals surface area contributed by atoms with Gasteiger partial charge in [-0.3, -0.25) is 0 Å². The van der Waals surface area contributed by atoms with Crippen LogP contribution in [0.25, 0.3) is 11.5 Å². The zero-order chi connectivity index (χ0) is 17.4. The van der Waals surface area contributed by atoms with Gasteiger partial charge in [0.2, 0.25) is 5.89 Å². The minimum Gasteiger partial charge on any atom is -0.415 e. The third-order valence-electron chi connectivity index (χ3n) is 4.28. The summed E-state index contributed by atoms with van der Waals surface area (Å²) in [6.45, 7) is 0. The molecule has 128 valence electrons. The van der Waals surface area contributed by atoms with Crippen molar-refractivity contribution in [2.75, 3.05) is 5.32 Å². The topological polar surface area (TPSA) is 51.0 Å². The quantitative estimate of drug-likeness (QED) is 0.713. The molecule has 0 saturated heterocycles. The van der Waals surface area contributed by atoms with Crippen LogP contribution in [0, 0.1) is 5.82 Å². The highest BCUT2D eigenvalue weighted by Gasteiger charge is 2.46. The number of anilines is 1. The van der Waals surface area contributed by atoms with Crippen molar-refractivity contribution in [1.29, 1.82) is 0 Å². The number of nitrogens with zero attached hydrogens (tertiary/aromatic N) is 2. The van der Waals surface area contributed by atoms with E-state index in [1.807, 2.05) is 6.07 Å². The number of benzene rings is 2. The fourth-order valence-corrected chi connectivity index (χ4v) is 2.85. The number of hydrogen-bond donors (Lipinski definition) is 1. The Morgan fingerprint density at radius 3 is 2.32 bits per heavy atom. The first-order chi connectivity index (χ1) is 12.1. The van der Waals surface area contributed by atoms with Crippen LogP contribution in [0.4, 0.5) is 18.9 Å². The lowest BCUT2D eigenvalue weighted by Gasteiger charge is -2.20. The maximum atomic E-state index is 14.1. The van der Waals surface area contributed by atoms with Crippen LogP contribution in [-0.4, -0.2) is 10.2 Å². The largest absolute Gasteiger partial charge is 0.415 e. The lowest BCUT2D eigenvalue weighted by molar-refractivity contribution is 0.116. The Morgan fingerprint density at radius 1 is 1.00 bits per heavy atom. The molecule has 0 bridgehead atoms. The van der Waals surface area contributed by atoms with Crippen molar-refractivity contribution in [3.05, 3.63) is 65.8 Å². The SMILES string of the molecule is Fc1ccccc1C1(Nc2ccc(-c3nnc(C(F)F)o3)cc2)CC1. The third kappa shape index (κ3) is 2.97. The number of nitrogens with one attached hydrogen (secondary N) is 1. The molecule has 1 heterocycles. The summed E-state index contributed by atoms with van der Waals surface area (Å²) in [6, 6.07) is 13.7. The van der Waals surface area contributed by atoms with Gasteiger partial charge in [-0.2, -0.15) is 8.78 Å². The van der Waals surface area contributed by atoms with Crippen LogP contribution in [-0.2, 0) is 5.54 Å². The average molecular weight is 345 g/mol. The van der Waals surface area contributed by atoms with Gasteiger partial charge in [0.15, 0.2) is 0 Å².